The van der Waals surface area contributed by atoms with E-state index in [9.17, 15) is 4.79 Å². The Kier molecular flexibility index (Phi) is 4.47. The molecule has 4 heterocycles. The third kappa shape index (κ3) is 2.69. The van der Waals surface area contributed by atoms with Gasteiger partial charge in [0.05, 0.1) is 25.1 Å². The summed E-state index contributed by atoms with van der Waals surface area (Å²) in [4.78, 5) is 31.2. The first-order valence-corrected chi connectivity index (χ1v) is 10.2. The monoisotopic (exact) mass is 401 g/mol. The minimum Gasteiger partial charge on any atom is -0.377 e. The number of rotatable bonds is 3. The van der Waals surface area contributed by atoms with Gasteiger partial charge in [0.25, 0.3) is 5.91 Å². The Morgan fingerprint density at radius 3 is 2.77 bits per heavy atom. The van der Waals surface area contributed by atoms with Gasteiger partial charge in [-0.2, -0.15) is 0 Å². The van der Waals surface area contributed by atoms with Crippen LogP contribution in [-0.4, -0.2) is 53.2 Å². The van der Waals surface area contributed by atoms with Crippen LogP contribution >= 0.6 is 0 Å². The summed E-state index contributed by atoms with van der Waals surface area (Å²) in [7, 11) is 1.78. The average Bonchev–Trinajstić information content (AvgIpc) is 2.82. The zero-order chi connectivity index (χ0) is 20.7. The molecule has 2 aliphatic rings. The number of carbonyl (C=O) groups is 1. The smallest absolute Gasteiger partial charge is 0.255 e. The van der Waals surface area contributed by atoms with Crippen LogP contribution in [0, 0.1) is 0 Å². The van der Waals surface area contributed by atoms with Crippen LogP contribution in [0.3, 0.4) is 0 Å². The van der Waals surface area contributed by atoms with Crippen LogP contribution in [0.15, 0.2) is 54.9 Å². The highest BCUT2D eigenvalue weighted by atomic mass is 16.5. The summed E-state index contributed by atoms with van der Waals surface area (Å²) in [6.07, 6.45) is 4.17. The van der Waals surface area contributed by atoms with Crippen molar-refractivity contribution in [3.8, 4) is 22.6 Å². The maximum absolute atomic E-state index is 13.2. The lowest BCUT2D eigenvalue weighted by molar-refractivity contribution is -0.128. The topological polar surface area (TPSA) is 71.5 Å². The Morgan fingerprint density at radius 1 is 1.13 bits per heavy atom. The van der Waals surface area contributed by atoms with Crippen molar-refractivity contribution in [1.29, 1.82) is 0 Å². The van der Waals surface area contributed by atoms with Gasteiger partial charge in [-0.15, -0.1) is 0 Å². The average molecular weight is 401 g/mol. The number of hydrogen-bond acceptors (Lipinski definition) is 6. The van der Waals surface area contributed by atoms with Gasteiger partial charge in [0.2, 0.25) is 0 Å². The number of benzene rings is 1. The molecule has 1 fully saturated rings. The molecular weight excluding hydrogens is 378 g/mol. The summed E-state index contributed by atoms with van der Waals surface area (Å²) in [5.74, 6) is 1.40. The minimum atomic E-state index is -0.719. The highest BCUT2D eigenvalue weighted by Crippen LogP contribution is 2.42. The summed E-state index contributed by atoms with van der Waals surface area (Å²) >= 11 is 0. The number of morpholine rings is 1. The minimum absolute atomic E-state index is 0.0277. The number of fused-ring (bicyclic) bond motifs is 3. The van der Waals surface area contributed by atoms with E-state index in [0.29, 0.717) is 32.0 Å². The Balaban J connectivity index is 1.67. The second-order valence-electron chi connectivity index (χ2n) is 7.62. The second kappa shape index (κ2) is 7.18. The quantitative estimate of drug-likeness (QED) is 0.671. The van der Waals surface area contributed by atoms with E-state index in [1.807, 2.05) is 49.4 Å². The predicted octanol–water partition coefficient (Wildman–Crippen LogP) is 3.17. The number of aromatic nitrogens is 3. The van der Waals surface area contributed by atoms with Crippen molar-refractivity contribution in [2.24, 2.45) is 0 Å². The molecule has 0 aliphatic carbocycles. The molecule has 7 heteroatoms. The third-order valence-electron chi connectivity index (χ3n) is 6.07. The van der Waals surface area contributed by atoms with Gasteiger partial charge in [0, 0.05) is 30.9 Å². The van der Waals surface area contributed by atoms with Gasteiger partial charge in [-0.05, 0) is 18.6 Å². The standard InChI is InChI=1S/C23H23N5O2/c1-3-23-15-30-13-12-28(23)21-18(27(2)22(23)29)14-25-20(26-21)17-10-7-11-24-19(17)16-8-5-4-6-9-16/h4-11,14H,3,12-13,15H2,1-2H3/t23-/m0/s1. The molecule has 1 aromatic carbocycles. The summed E-state index contributed by atoms with van der Waals surface area (Å²) in [6.45, 7) is 3.58. The number of amides is 1. The molecule has 2 aliphatic heterocycles. The van der Waals surface area contributed by atoms with Crippen molar-refractivity contribution in [3.63, 3.8) is 0 Å². The predicted molar refractivity (Wildman–Crippen MR) is 115 cm³/mol. The number of carbonyl (C=O) groups excluding carboxylic acids is 1. The van der Waals surface area contributed by atoms with Gasteiger partial charge >= 0.3 is 0 Å². The molecule has 7 nitrogen and oxygen atoms in total. The molecular formula is C23H23N5O2. The van der Waals surface area contributed by atoms with Gasteiger partial charge in [-0.25, -0.2) is 9.97 Å². The fourth-order valence-electron chi connectivity index (χ4n) is 4.38. The first kappa shape index (κ1) is 18.7. The van der Waals surface area contributed by atoms with E-state index in [4.69, 9.17) is 9.72 Å². The Labute approximate surface area is 175 Å². The lowest BCUT2D eigenvalue weighted by Crippen LogP contribution is -2.68. The molecule has 1 atom stereocenters. The zero-order valence-electron chi connectivity index (χ0n) is 17.1. The molecule has 0 saturated carbocycles. The number of pyridine rings is 1. The Morgan fingerprint density at radius 2 is 1.97 bits per heavy atom. The lowest BCUT2D eigenvalue weighted by Gasteiger charge is -2.51. The SMILES string of the molecule is CC[C@@]12COCCN1c1nc(-c3cccnc3-c3ccccc3)ncc1N(C)C2=O. The first-order valence-electron chi connectivity index (χ1n) is 10.2. The van der Waals surface area contributed by atoms with Crippen LogP contribution in [0.5, 0.6) is 0 Å². The van der Waals surface area contributed by atoms with Crippen LogP contribution in [0.25, 0.3) is 22.6 Å². The molecule has 0 spiro atoms. The van der Waals surface area contributed by atoms with E-state index in [1.54, 1.807) is 24.3 Å². The number of hydrogen-bond donors (Lipinski definition) is 0. The molecule has 2 aromatic heterocycles. The molecule has 1 amide bonds. The van der Waals surface area contributed by atoms with Crippen LogP contribution in [-0.2, 0) is 9.53 Å². The lowest BCUT2D eigenvalue weighted by atomic mass is 9.89. The van der Waals surface area contributed by atoms with E-state index in [0.717, 1.165) is 28.3 Å². The van der Waals surface area contributed by atoms with Crippen LogP contribution < -0.4 is 9.80 Å². The fourth-order valence-corrected chi connectivity index (χ4v) is 4.38. The van der Waals surface area contributed by atoms with Gasteiger partial charge < -0.3 is 14.5 Å². The molecule has 0 unspecified atom stereocenters. The maximum Gasteiger partial charge on any atom is 0.255 e. The van der Waals surface area contributed by atoms with Crippen molar-refractivity contribution >= 4 is 17.4 Å². The van der Waals surface area contributed by atoms with E-state index in [1.165, 1.54) is 0 Å². The fraction of sp³-hybridized carbons (Fsp3) is 0.304. The van der Waals surface area contributed by atoms with Gasteiger partial charge in [-0.3, -0.25) is 9.78 Å². The van der Waals surface area contributed by atoms with Crippen LogP contribution in [0.2, 0.25) is 0 Å². The third-order valence-corrected chi connectivity index (χ3v) is 6.07. The van der Waals surface area contributed by atoms with Crippen LogP contribution in [0.4, 0.5) is 11.5 Å². The normalized spacial score (nSPS) is 20.7. The number of anilines is 2. The van der Waals surface area contributed by atoms with Gasteiger partial charge in [0.15, 0.2) is 11.6 Å². The zero-order valence-corrected chi connectivity index (χ0v) is 17.1. The molecule has 1 saturated heterocycles. The van der Waals surface area contributed by atoms with E-state index < -0.39 is 5.54 Å². The Bertz CT molecular complexity index is 1100. The molecule has 0 N–H and O–H groups in total. The molecule has 0 bridgehead atoms. The Hall–Kier alpha value is -3.32. The molecule has 5 rings (SSSR count). The molecule has 0 radical (unpaired) electrons. The van der Waals surface area contributed by atoms with E-state index in [-0.39, 0.29) is 5.91 Å². The van der Waals surface area contributed by atoms with E-state index >= 15 is 0 Å². The maximum atomic E-state index is 13.2. The molecule has 3 aromatic rings. The summed E-state index contributed by atoms with van der Waals surface area (Å²) in [5, 5.41) is 0. The summed E-state index contributed by atoms with van der Waals surface area (Å²) in [5.41, 5.74) is 2.71. The molecule has 30 heavy (non-hydrogen) atoms. The van der Waals surface area contributed by atoms with E-state index in [2.05, 4.69) is 14.9 Å². The van der Waals surface area contributed by atoms with Crippen molar-refractivity contribution in [2.45, 2.75) is 18.9 Å². The first-order chi connectivity index (χ1) is 14.7. The van der Waals surface area contributed by atoms with Crippen molar-refractivity contribution in [3.05, 3.63) is 54.9 Å². The van der Waals surface area contributed by atoms with Crippen molar-refractivity contribution in [2.75, 3.05) is 36.6 Å². The largest absolute Gasteiger partial charge is 0.377 e. The number of ether oxygens (including phenoxy) is 1. The van der Waals surface area contributed by atoms with Gasteiger partial charge in [0.1, 0.15) is 11.2 Å². The summed E-state index contributed by atoms with van der Waals surface area (Å²) < 4.78 is 5.72. The second-order valence-corrected chi connectivity index (χ2v) is 7.62. The molecule has 152 valence electrons. The highest BCUT2D eigenvalue weighted by Gasteiger charge is 2.51. The number of nitrogens with zero attached hydrogens (tertiary/aromatic N) is 5. The van der Waals surface area contributed by atoms with Gasteiger partial charge in [-0.1, -0.05) is 37.3 Å². The summed E-state index contributed by atoms with van der Waals surface area (Å²) in [6, 6.07) is 13.9. The highest BCUT2D eigenvalue weighted by molar-refractivity contribution is 6.07. The van der Waals surface area contributed by atoms with Crippen molar-refractivity contribution < 1.29 is 9.53 Å². The van der Waals surface area contributed by atoms with Crippen molar-refractivity contribution in [1.82, 2.24) is 15.0 Å². The number of likely N-dealkylation sites (N-methyl/N-ethyl adjacent to an activating group) is 1. The van der Waals surface area contributed by atoms with Crippen LogP contribution in [0.1, 0.15) is 13.3 Å².